The van der Waals surface area contributed by atoms with Gasteiger partial charge in [0.2, 0.25) is 0 Å². The minimum atomic E-state index is -0.563. The van der Waals surface area contributed by atoms with Crippen molar-refractivity contribution in [2.75, 3.05) is 13.2 Å². The lowest BCUT2D eigenvalue weighted by Gasteiger charge is -2.16. The maximum atomic E-state index is 11.5. The maximum Gasteiger partial charge on any atom is 0.337 e. The molecule has 1 N–H and O–H groups in total. The molecule has 96 valence electrons. The molecule has 0 saturated carbocycles. The van der Waals surface area contributed by atoms with Gasteiger partial charge in [-0.05, 0) is 19.3 Å². The van der Waals surface area contributed by atoms with Crippen LogP contribution in [0.5, 0.6) is 0 Å². The lowest BCUT2D eigenvalue weighted by Crippen LogP contribution is -2.24. The first-order valence-electron chi connectivity index (χ1n) is 5.81. The average molecular weight is 242 g/mol. The van der Waals surface area contributed by atoms with Gasteiger partial charge in [0.25, 0.3) is 0 Å². The summed E-state index contributed by atoms with van der Waals surface area (Å²) >= 11 is 0. The second kappa shape index (κ2) is 7.06. The monoisotopic (exact) mass is 242 g/mol. The predicted molar refractivity (Wildman–Crippen MR) is 60.1 cm³/mol. The Morgan fingerprint density at radius 1 is 1.53 bits per heavy atom. The molecule has 1 fully saturated rings. The summed E-state index contributed by atoms with van der Waals surface area (Å²) in [6, 6.07) is 0. The molecule has 0 radical (unpaired) electrons. The molecule has 17 heavy (non-hydrogen) atoms. The molecule has 5 nitrogen and oxygen atoms in total. The molecule has 5 heteroatoms. The van der Waals surface area contributed by atoms with Crippen LogP contribution in [0.4, 0.5) is 0 Å². The van der Waals surface area contributed by atoms with Crippen molar-refractivity contribution in [3.05, 3.63) is 12.2 Å². The van der Waals surface area contributed by atoms with Crippen molar-refractivity contribution in [1.82, 2.24) is 0 Å². The van der Waals surface area contributed by atoms with Crippen LogP contribution in [-0.2, 0) is 19.1 Å². The standard InChI is InChI=1S/C12H18O5/c1-9(12(15)16-8-4-7-13)10-5-2-3-6-11(14)17-10/h10,13H,1-8H2. The maximum absolute atomic E-state index is 11.5. The van der Waals surface area contributed by atoms with Crippen LogP contribution in [0.15, 0.2) is 12.2 Å². The second-order valence-corrected chi connectivity index (χ2v) is 3.96. The molecule has 1 atom stereocenters. The van der Waals surface area contributed by atoms with Gasteiger partial charge in [-0.25, -0.2) is 4.79 Å². The smallest absolute Gasteiger partial charge is 0.337 e. The molecular weight excluding hydrogens is 224 g/mol. The van der Waals surface area contributed by atoms with Crippen molar-refractivity contribution >= 4 is 11.9 Å². The van der Waals surface area contributed by atoms with Gasteiger partial charge in [-0.15, -0.1) is 0 Å². The normalized spacial score (nSPS) is 20.3. The molecule has 0 aromatic carbocycles. The fraction of sp³-hybridized carbons (Fsp3) is 0.667. The molecule has 0 bridgehead atoms. The van der Waals surface area contributed by atoms with E-state index in [1.807, 2.05) is 0 Å². The largest absolute Gasteiger partial charge is 0.462 e. The third kappa shape index (κ3) is 4.56. The Hall–Kier alpha value is -1.36. The van der Waals surface area contributed by atoms with Crippen LogP contribution in [0.1, 0.15) is 32.1 Å². The Labute approximate surface area is 100 Å². The number of esters is 2. The molecule has 0 amide bonds. The second-order valence-electron chi connectivity index (χ2n) is 3.96. The summed E-state index contributed by atoms with van der Waals surface area (Å²) in [7, 11) is 0. The zero-order chi connectivity index (χ0) is 12.7. The highest BCUT2D eigenvalue weighted by atomic mass is 16.6. The van der Waals surface area contributed by atoms with Gasteiger partial charge < -0.3 is 14.6 Å². The number of aliphatic hydroxyl groups is 1. The van der Waals surface area contributed by atoms with E-state index in [2.05, 4.69) is 6.58 Å². The Morgan fingerprint density at radius 2 is 2.29 bits per heavy atom. The summed E-state index contributed by atoms with van der Waals surface area (Å²) in [6.07, 6.45) is 2.44. The molecule has 1 saturated heterocycles. The summed E-state index contributed by atoms with van der Waals surface area (Å²) in [5, 5.41) is 8.56. The number of cyclic esters (lactones) is 1. The predicted octanol–water partition coefficient (Wildman–Crippen LogP) is 0.954. The van der Waals surface area contributed by atoms with Gasteiger partial charge in [0, 0.05) is 19.4 Å². The highest BCUT2D eigenvalue weighted by Gasteiger charge is 2.25. The number of aliphatic hydroxyl groups excluding tert-OH is 1. The van der Waals surface area contributed by atoms with Crippen molar-refractivity contribution in [2.45, 2.75) is 38.2 Å². The molecule has 0 aromatic rings. The van der Waals surface area contributed by atoms with Gasteiger partial charge in [-0.3, -0.25) is 4.79 Å². The van der Waals surface area contributed by atoms with Crippen molar-refractivity contribution in [1.29, 1.82) is 0 Å². The zero-order valence-corrected chi connectivity index (χ0v) is 9.81. The van der Waals surface area contributed by atoms with Gasteiger partial charge in [-0.1, -0.05) is 6.58 Å². The zero-order valence-electron chi connectivity index (χ0n) is 9.81. The minimum Gasteiger partial charge on any atom is -0.462 e. The van der Waals surface area contributed by atoms with E-state index in [0.717, 1.165) is 12.8 Å². The number of ether oxygens (including phenoxy) is 2. The number of carbonyl (C=O) groups excluding carboxylic acids is 2. The molecule has 1 heterocycles. The fourth-order valence-corrected chi connectivity index (χ4v) is 1.57. The molecule has 0 spiro atoms. The number of rotatable bonds is 5. The highest BCUT2D eigenvalue weighted by molar-refractivity contribution is 5.89. The van der Waals surface area contributed by atoms with Gasteiger partial charge in [0.05, 0.1) is 12.2 Å². The molecule has 1 aliphatic rings. The van der Waals surface area contributed by atoms with Gasteiger partial charge in [-0.2, -0.15) is 0 Å². The van der Waals surface area contributed by atoms with Crippen LogP contribution < -0.4 is 0 Å². The van der Waals surface area contributed by atoms with Crippen molar-refractivity contribution in [3.63, 3.8) is 0 Å². The average Bonchev–Trinajstić information content (AvgIpc) is 2.53. The van der Waals surface area contributed by atoms with Crippen LogP contribution in [-0.4, -0.2) is 36.4 Å². The first-order chi connectivity index (χ1) is 8.15. The third-order valence-corrected chi connectivity index (χ3v) is 2.56. The van der Waals surface area contributed by atoms with Crippen LogP contribution in [0, 0.1) is 0 Å². The Kier molecular flexibility index (Phi) is 5.69. The topological polar surface area (TPSA) is 72.8 Å². The van der Waals surface area contributed by atoms with E-state index in [9.17, 15) is 9.59 Å². The molecule has 0 aliphatic carbocycles. The van der Waals surface area contributed by atoms with Crippen LogP contribution in [0.25, 0.3) is 0 Å². The quantitative estimate of drug-likeness (QED) is 0.441. The number of carbonyl (C=O) groups is 2. The highest BCUT2D eigenvalue weighted by Crippen LogP contribution is 2.20. The van der Waals surface area contributed by atoms with E-state index in [4.69, 9.17) is 14.6 Å². The van der Waals surface area contributed by atoms with Gasteiger partial charge in [0.1, 0.15) is 6.10 Å². The molecule has 1 unspecified atom stereocenters. The summed E-state index contributed by atoms with van der Waals surface area (Å²) in [4.78, 5) is 22.8. The van der Waals surface area contributed by atoms with Crippen molar-refractivity contribution < 1.29 is 24.2 Å². The fourth-order valence-electron chi connectivity index (χ4n) is 1.57. The first-order valence-corrected chi connectivity index (χ1v) is 5.81. The first kappa shape index (κ1) is 13.7. The minimum absolute atomic E-state index is 0.0296. The summed E-state index contributed by atoms with van der Waals surface area (Å²) in [6.45, 7) is 3.74. The van der Waals surface area contributed by atoms with E-state index in [1.165, 1.54) is 0 Å². The molecule has 1 rings (SSSR count). The van der Waals surface area contributed by atoms with E-state index in [-0.39, 0.29) is 24.8 Å². The van der Waals surface area contributed by atoms with Crippen LogP contribution in [0.2, 0.25) is 0 Å². The SMILES string of the molecule is C=C(C(=O)OCCCO)C1CCCCC(=O)O1. The summed E-state index contributed by atoms with van der Waals surface area (Å²) in [5.74, 6) is -0.852. The van der Waals surface area contributed by atoms with E-state index >= 15 is 0 Å². The van der Waals surface area contributed by atoms with Gasteiger partial charge in [0.15, 0.2) is 0 Å². The molecular formula is C12H18O5. The number of hydrogen-bond donors (Lipinski definition) is 1. The Bertz CT molecular complexity index is 297. The molecule has 1 aliphatic heterocycles. The van der Waals surface area contributed by atoms with Crippen molar-refractivity contribution in [3.8, 4) is 0 Å². The Morgan fingerprint density at radius 3 is 3.00 bits per heavy atom. The van der Waals surface area contributed by atoms with Crippen molar-refractivity contribution in [2.24, 2.45) is 0 Å². The van der Waals surface area contributed by atoms with Gasteiger partial charge >= 0.3 is 11.9 Å². The van der Waals surface area contributed by atoms with E-state index in [1.54, 1.807) is 0 Å². The summed E-state index contributed by atoms with van der Waals surface area (Å²) < 4.78 is 10.00. The third-order valence-electron chi connectivity index (χ3n) is 2.56. The summed E-state index contributed by atoms with van der Waals surface area (Å²) in [5.41, 5.74) is 0.179. The van der Waals surface area contributed by atoms with E-state index < -0.39 is 12.1 Å². The number of hydrogen-bond acceptors (Lipinski definition) is 5. The van der Waals surface area contributed by atoms with E-state index in [0.29, 0.717) is 19.3 Å². The Balaban J connectivity index is 2.44. The lowest BCUT2D eigenvalue weighted by molar-refractivity contribution is -0.148. The lowest BCUT2D eigenvalue weighted by atomic mass is 10.1. The van der Waals surface area contributed by atoms with Crippen LogP contribution >= 0.6 is 0 Å². The molecule has 0 aromatic heterocycles. The van der Waals surface area contributed by atoms with Crippen LogP contribution in [0.3, 0.4) is 0 Å².